The number of aryl methyl sites for hydroxylation is 1. The number of ether oxygens (including phenoxy) is 2. The Morgan fingerprint density at radius 1 is 1.43 bits per heavy atom. The van der Waals surface area contributed by atoms with Crippen LogP contribution in [0.2, 0.25) is 0 Å². The van der Waals surface area contributed by atoms with E-state index in [0.717, 1.165) is 43.5 Å². The molecule has 0 atom stereocenters. The molecule has 1 radical (unpaired) electrons. The molecule has 2 aromatic rings. The van der Waals surface area contributed by atoms with Crippen molar-refractivity contribution in [2.24, 2.45) is 0 Å². The molecule has 119 valence electrons. The van der Waals surface area contributed by atoms with Crippen LogP contribution >= 0.6 is 11.3 Å². The summed E-state index contributed by atoms with van der Waals surface area (Å²) in [6, 6.07) is 10.3. The first-order valence-electron chi connectivity index (χ1n) is 7.60. The summed E-state index contributed by atoms with van der Waals surface area (Å²) in [4.78, 5) is 8.24. The lowest BCUT2D eigenvalue weighted by Gasteiger charge is -2.26. The zero-order valence-corrected chi connectivity index (χ0v) is 13.9. The van der Waals surface area contributed by atoms with Crippen LogP contribution in [-0.2, 0) is 11.2 Å². The maximum atomic E-state index is 8.87. The Bertz CT molecular complexity index is 702. The zero-order chi connectivity index (χ0) is 16.1. The second-order valence-electron chi connectivity index (χ2n) is 5.24. The third kappa shape index (κ3) is 4.01. The van der Waals surface area contributed by atoms with Gasteiger partial charge in [-0.25, -0.2) is 4.98 Å². The molecule has 0 saturated carbocycles. The van der Waals surface area contributed by atoms with Crippen LogP contribution < -0.4 is 9.64 Å². The Morgan fingerprint density at radius 3 is 3.04 bits per heavy atom. The van der Waals surface area contributed by atoms with Crippen molar-refractivity contribution in [1.29, 1.82) is 5.26 Å². The van der Waals surface area contributed by atoms with Gasteiger partial charge in [0.05, 0.1) is 37.1 Å². The molecule has 6 heteroatoms. The minimum absolute atomic E-state index is 0.488. The lowest BCUT2D eigenvalue weighted by atomic mass is 10.2. The van der Waals surface area contributed by atoms with Gasteiger partial charge in [0.2, 0.25) is 0 Å². The fourth-order valence-corrected chi connectivity index (χ4v) is 3.40. The van der Waals surface area contributed by atoms with Gasteiger partial charge in [-0.2, -0.15) is 5.26 Å². The van der Waals surface area contributed by atoms with Gasteiger partial charge in [-0.05, 0) is 19.1 Å². The Balaban J connectivity index is 1.57. The van der Waals surface area contributed by atoms with Gasteiger partial charge in [0, 0.05) is 30.5 Å². The van der Waals surface area contributed by atoms with Crippen LogP contribution in [0.5, 0.6) is 5.75 Å². The van der Waals surface area contributed by atoms with Gasteiger partial charge < -0.3 is 14.4 Å². The lowest BCUT2D eigenvalue weighted by molar-refractivity contribution is 0.122. The smallest absolute Gasteiger partial charge is 0.185 e. The number of nitriles is 1. The van der Waals surface area contributed by atoms with Crippen LogP contribution in [0.25, 0.3) is 0 Å². The monoisotopic (exact) mass is 328 g/mol. The first-order chi connectivity index (χ1) is 11.3. The van der Waals surface area contributed by atoms with Gasteiger partial charge in [0.1, 0.15) is 5.75 Å². The second kappa shape index (κ2) is 7.44. The molecule has 0 unspecified atom stereocenters. The van der Waals surface area contributed by atoms with Gasteiger partial charge in [-0.1, -0.05) is 6.07 Å². The summed E-state index contributed by atoms with van der Waals surface area (Å²) in [5.41, 5.74) is 1.56. The highest BCUT2D eigenvalue weighted by atomic mass is 32.1. The van der Waals surface area contributed by atoms with Crippen molar-refractivity contribution >= 4 is 16.5 Å². The average molecular weight is 328 g/mol. The summed E-state index contributed by atoms with van der Waals surface area (Å²) in [7, 11) is 0. The summed E-state index contributed by atoms with van der Waals surface area (Å²) in [6.45, 7) is 5.96. The van der Waals surface area contributed by atoms with Crippen LogP contribution in [0.4, 0.5) is 5.13 Å². The average Bonchev–Trinajstić information content (AvgIpc) is 2.97. The molecular weight excluding hydrogens is 310 g/mol. The largest absolute Gasteiger partial charge is 0.492 e. The SMILES string of the molecule is Cc1sc(N2CCOCC2)nc1CCOc1[c]c(C#N)ccc1. The van der Waals surface area contributed by atoms with E-state index in [9.17, 15) is 0 Å². The highest BCUT2D eigenvalue weighted by Gasteiger charge is 2.16. The van der Waals surface area contributed by atoms with E-state index in [0.29, 0.717) is 17.9 Å². The number of anilines is 1. The van der Waals surface area contributed by atoms with Crippen molar-refractivity contribution in [3.05, 3.63) is 40.4 Å². The van der Waals surface area contributed by atoms with Gasteiger partial charge in [-0.15, -0.1) is 11.3 Å². The minimum atomic E-state index is 0.488. The van der Waals surface area contributed by atoms with Gasteiger partial charge in [0.25, 0.3) is 0 Å². The van der Waals surface area contributed by atoms with Crippen LogP contribution in [0.3, 0.4) is 0 Å². The summed E-state index contributed by atoms with van der Waals surface area (Å²) in [6.07, 6.45) is 0.747. The van der Waals surface area contributed by atoms with Gasteiger partial charge in [-0.3, -0.25) is 0 Å². The molecule has 1 aliphatic heterocycles. The first kappa shape index (κ1) is 15.8. The summed E-state index contributed by atoms with van der Waals surface area (Å²) < 4.78 is 11.1. The van der Waals surface area contributed by atoms with Crippen molar-refractivity contribution < 1.29 is 9.47 Å². The van der Waals surface area contributed by atoms with Crippen LogP contribution in [0.15, 0.2) is 18.2 Å². The van der Waals surface area contributed by atoms with Gasteiger partial charge >= 0.3 is 0 Å². The highest BCUT2D eigenvalue weighted by Crippen LogP contribution is 2.26. The normalized spacial score (nSPS) is 14.5. The highest BCUT2D eigenvalue weighted by molar-refractivity contribution is 7.15. The van der Waals surface area contributed by atoms with Gasteiger partial charge in [0.15, 0.2) is 5.13 Å². The van der Waals surface area contributed by atoms with E-state index in [1.807, 2.05) is 6.07 Å². The topological polar surface area (TPSA) is 58.4 Å². The molecule has 1 aromatic heterocycles. The number of hydrogen-bond donors (Lipinski definition) is 0. The van der Waals surface area contributed by atoms with Crippen LogP contribution in [0, 0.1) is 24.3 Å². The molecule has 1 fully saturated rings. The zero-order valence-electron chi connectivity index (χ0n) is 13.0. The predicted octanol–water partition coefficient (Wildman–Crippen LogP) is 2.58. The maximum absolute atomic E-state index is 8.87. The molecule has 0 bridgehead atoms. The molecule has 5 nitrogen and oxygen atoms in total. The molecule has 23 heavy (non-hydrogen) atoms. The molecule has 1 saturated heterocycles. The van der Waals surface area contributed by atoms with Crippen molar-refractivity contribution in [2.75, 3.05) is 37.8 Å². The van der Waals surface area contributed by atoms with E-state index < -0.39 is 0 Å². The van der Waals surface area contributed by atoms with Crippen molar-refractivity contribution in [2.45, 2.75) is 13.3 Å². The number of rotatable bonds is 5. The Hall–Kier alpha value is -2.10. The van der Waals surface area contributed by atoms with E-state index in [-0.39, 0.29) is 0 Å². The van der Waals surface area contributed by atoms with Crippen LogP contribution in [-0.4, -0.2) is 37.9 Å². The fraction of sp³-hybridized carbons (Fsp3) is 0.412. The van der Waals surface area contributed by atoms with E-state index in [4.69, 9.17) is 19.7 Å². The molecule has 0 amide bonds. The van der Waals surface area contributed by atoms with E-state index in [2.05, 4.69) is 24.0 Å². The van der Waals surface area contributed by atoms with E-state index in [1.165, 1.54) is 4.88 Å². The minimum Gasteiger partial charge on any atom is -0.492 e. The molecule has 1 aromatic carbocycles. The lowest BCUT2D eigenvalue weighted by Crippen LogP contribution is -2.36. The molecule has 3 rings (SSSR count). The van der Waals surface area contributed by atoms with E-state index >= 15 is 0 Å². The van der Waals surface area contributed by atoms with Crippen molar-refractivity contribution in [3.8, 4) is 11.8 Å². The summed E-state index contributed by atoms with van der Waals surface area (Å²) in [5, 5.41) is 9.94. The quantitative estimate of drug-likeness (QED) is 0.844. The number of nitrogens with zero attached hydrogens (tertiary/aromatic N) is 3. The Morgan fingerprint density at radius 2 is 2.26 bits per heavy atom. The summed E-state index contributed by atoms with van der Waals surface area (Å²) >= 11 is 1.73. The second-order valence-corrected chi connectivity index (χ2v) is 6.42. The first-order valence-corrected chi connectivity index (χ1v) is 8.42. The van der Waals surface area contributed by atoms with E-state index in [1.54, 1.807) is 23.5 Å². The van der Waals surface area contributed by atoms with Crippen LogP contribution in [0.1, 0.15) is 16.1 Å². The number of thiazole rings is 1. The molecule has 1 aliphatic rings. The Labute approximate surface area is 140 Å². The number of hydrogen-bond acceptors (Lipinski definition) is 6. The predicted molar refractivity (Wildman–Crippen MR) is 89.1 cm³/mol. The standard InChI is InChI=1S/C17H18N3O2S/c1-13-16(19-17(23-13)20-6-9-21-10-7-20)5-8-22-15-4-2-3-14(11-15)12-18/h2-4H,5-10H2,1H3. The third-order valence-corrected chi connectivity index (χ3v) is 4.72. The van der Waals surface area contributed by atoms with Crippen molar-refractivity contribution in [1.82, 2.24) is 4.98 Å². The molecule has 0 N–H and O–H groups in total. The molecule has 2 heterocycles. The number of benzene rings is 1. The molecule has 0 aliphatic carbocycles. The molecule has 0 spiro atoms. The number of morpholine rings is 1. The maximum Gasteiger partial charge on any atom is 0.185 e. The molecular formula is C17H18N3O2S. The Kier molecular flexibility index (Phi) is 5.11. The third-order valence-electron chi connectivity index (χ3n) is 3.65. The summed E-state index contributed by atoms with van der Waals surface area (Å²) in [5.74, 6) is 0.602. The van der Waals surface area contributed by atoms with Crippen molar-refractivity contribution in [3.63, 3.8) is 0 Å². The fourth-order valence-electron chi connectivity index (χ4n) is 2.39. The number of aromatic nitrogens is 1.